The minimum atomic E-state index is 0.0731. The molecule has 0 aromatic carbocycles. The van der Waals surface area contributed by atoms with E-state index >= 15 is 0 Å². The number of fused-ring (bicyclic) bond motifs is 1. The lowest BCUT2D eigenvalue weighted by atomic mass is 9.89. The number of nitrogens with zero attached hydrogens (tertiary/aromatic N) is 3. The van der Waals surface area contributed by atoms with Gasteiger partial charge in [0.2, 0.25) is 5.91 Å². The van der Waals surface area contributed by atoms with E-state index in [1.807, 2.05) is 14.0 Å². The summed E-state index contributed by atoms with van der Waals surface area (Å²) in [7, 11) is 2.04. The van der Waals surface area contributed by atoms with Crippen molar-refractivity contribution in [2.24, 2.45) is 0 Å². The van der Waals surface area contributed by atoms with Crippen molar-refractivity contribution in [1.29, 1.82) is 0 Å². The number of rotatable bonds is 3. The summed E-state index contributed by atoms with van der Waals surface area (Å²) in [5, 5.41) is 12.9. The van der Waals surface area contributed by atoms with Crippen molar-refractivity contribution in [2.75, 3.05) is 25.1 Å². The summed E-state index contributed by atoms with van der Waals surface area (Å²) in [6.07, 6.45) is 5.25. The average molecular weight is 361 g/mol. The quantitative estimate of drug-likeness (QED) is 0.861. The Kier molecular flexibility index (Phi) is 6.14. The van der Waals surface area contributed by atoms with Gasteiger partial charge >= 0.3 is 0 Å². The number of aryl methyl sites for hydroxylation is 1. The number of pyridine rings is 1. The highest BCUT2D eigenvalue weighted by Crippen LogP contribution is 2.30. The maximum absolute atomic E-state index is 11.3. The van der Waals surface area contributed by atoms with E-state index in [-0.39, 0.29) is 18.6 Å². The van der Waals surface area contributed by atoms with Crippen LogP contribution in [0.1, 0.15) is 50.3 Å². The fraction of sp³-hybridized carbons (Fsp3) is 0.700. The number of likely N-dealkylation sites (N-methyl/N-ethyl adjacent to an activating group) is 1. The van der Waals surface area contributed by atoms with E-state index in [2.05, 4.69) is 27.2 Å². The molecule has 1 saturated carbocycles. The van der Waals surface area contributed by atoms with Crippen molar-refractivity contribution in [1.82, 2.24) is 15.2 Å². The van der Waals surface area contributed by atoms with Gasteiger partial charge in [0.25, 0.3) is 0 Å². The van der Waals surface area contributed by atoms with Gasteiger partial charge in [0, 0.05) is 50.4 Å². The Bertz CT molecular complexity index is 628. The molecule has 0 radical (unpaired) electrons. The summed E-state index contributed by atoms with van der Waals surface area (Å²) in [6, 6.07) is 5.22. The first-order valence-electron chi connectivity index (χ1n) is 9.79. The van der Waals surface area contributed by atoms with Crippen LogP contribution in [0.2, 0.25) is 0 Å². The second-order valence-electron chi connectivity index (χ2n) is 7.85. The van der Waals surface area contributed by atoms with Crippen molar-refractivity contribution in [2.45, 2.75) is 70.6 Å². The van der Waals surface area contributed by atoms with Gasteiger partial charge in [-0.1, -0.05) is 6.07 Å². The predicted molar refractivity (Wildman–Crippen MR) is 103 cm³/mol. The van der Waals surface area contributed by atoms with Gasteiger partial charge < -0.3 is 15.3 Å². The van der Waals surface area contributed by atoms with Crippen molar-refractivity contribution in [3.05, 3.63) is 23.4 Å². The molecule has 26 heavy (non-hydrogen) atoms. The molecule has 1 atom stereocenters. The predicted octanol–water partition coefficient (Wildman–Crippen LogP) is 1.84. The molecular weight excluding hydrogens is 328 g/mol. The van der Waals surface area contributed by atoms with Gasteiger partial charge in [-0.3, -0.25) is 9.69 Å². The third kappa shape index (κ3) is 4.35. The zero-order valence-electron chi connectivity index (χ0n) is 16.2. The molecule has 1 aromatic heterocycles. The monoisotopic (exact) mass is 360 g/mol. The van der Waals surface area contributed by atoms with Crippen LogP contribution in [0.4, 0.5) is 5.82 Å². The Morgan fingerprint density at radius 1 is 1.27 bits per heavy atom. The Morgan fingerprint density at radius 2 is 2.00 bits per heavy atom. The molecule has 2 N–H and O–H groups in total. The van der Waals surface area contributed by atoms with E-state index < -0.39 is 0 Å². The first kappa shape index (κ1) is 19.1. The molecule has 0 spiro atoms. The minimum Gasteiger partial charge on any atom is -0.394 e. The summed E-state index contributed by atoms with van der Waals surface area (Å²) in [5.74, 6) is 1.07. The standard InChI is InChI=1S/C20H32N4O2/c1-14-4-5-16-12-24(11-10-19(13-25)23(3)20(16)21-14)18-8-6-17(7-9-18)22-15(2)26/h4-5,17-19,25H,6-13H2,1-3H3,(H,22,26)/t17?,18?,19-/m0/s1. The van der Waals surface area contributed by atoms with Crippen LogP contribution in [-0.4, -0.2) is 59.2 Å². The van der Waals surface area contributed by atoms with E-state index in [1.165, 1.54) is 5.56 Å². The maximum atomic E-state index is 11.3. The number of nitrogens with one attached hydrogen (secondary N) is 1. The zero-order chi connectivity index (χ0) is 18.7. The highest BCUT2D eigenvalue weighted by atomic mass is 16.3. The van der Waals surface area contributed by atoms with Crippen molar-refractivity contribution in [3.63, 3.8) is 0 Å². The van der Waals surface area contributed by atoms with Gasteiger partial charge in [-0.2, -0.15) is 0 Å². The Balaban J connectivity index is 1.74. The number of hydrogen-bond acceptors (Lipinski definition) is 5. The number of aliphatic hydroxyl groups is 1. The molecule has 1 aliphatic carbocycles. The van der Waals surface area contributed by atoms with E-state index in [0.717, 1.165) is 56.7 Å². The van der Waals surface area contributed by atoms with E-state index in [9.17, 15) is 9.90 Å². The Morgan fingerprint density at radius 3 is 2.65 bits per heavy atom. The average Bonchev–Trinajstić information content (AvgIpc) is 2.61. The van der Waals surface area contributed by atoms with Crippen molar-refractivity contribution < 1.29 is 9.90 Å². The van der Waals surface area contributed by atoms with E-state index in [1.54, 1.807) is 6.92 Å². The first-order valence-corrected chi connectivity index (χ1v) is 9.79. The molecule has 1 aromatic rings. The molecule has 0 bridgehead atoms. The summed E-state index contributed by atoms with van der Waals surface area (Å²) in [5.41, 5.74) is 2.25. The highest BCUT2D eigenvalue weighted by Gasteiger charge is 2.30. The fourth-order valence-corrected chi connectivity index (χ4v) is 4.38. The lowest BCUT2D eigenvalue weighted by Gasteiger charge is -2.41. The van der Waals surface area contributed by atoms with Crippen LogP contribution < -0.4 is 10.2 Å². The summed E-state index contributed by atoms with van der Waals surface area (Å²) >= 11 is 0. The van der Waals surface area contributed by atoms with Gasteiger partial charge in [0.15, 0.2) is 0 Å². The van der Waals surface area contributed by atoms with Crippen LogP contribution in [0.15, 0.2) is 12.1 Å². The normalized spacial score (nSPS) is 27.4. The lowest BCUT2D eigenvalue weighted by Crippen LogP contribution is -2.47. The van der Waals surface area contributed by atoms with Gasteiger partial charge in [0.05, 0.1) is 12.6 Å². The maximum Gasteiger partial charge on any atom is 0.217 e. The van der Waals surface area contributed by atoms with Crippen LogP contribution >= 0.6 is 0 Å². The number of hydrogen-bond donors (Lipinski definition) is 2. The first-order chi connectivity index (χ1) is 12.5. The van der Waals surface area contributed by atoms with Crippen LogP contribution in [0.5, 0.6) is 0 Å². The highest BCUT2D eigenvalue weighted by molar-refractivity contribution is 5.73. The SMILES string of the molecule is CC(=O)NC1CCC(N2CC[C@@H](CO)N(C)c3nc(C)ccc3C2)CC1. The molecule has 6 nitrogen and oxygen atoms in total. The van der Waals surface area contributed by atoms with Crippen LogP contribution in [0.25, 0.3) is 0 Å². The molecule has 0 unspecified atom stereocenters. The smallest absolute Gasteiger partial charge is 0.217 e. The van der Waals surface area contributed by atoms with E-state index in [0.29, 0.717) is 12.1 Å². The van der Waals surface area contributed by atoms with Gasteiger partial charge in [-0.25, -0.2) is 4.98 Å². The molecule has 1 aliphatic heterocycles. The molecule has 6 heteroatoms. The summed E-state index contributed by atoms with van der Waals surface area (Å²) < 4.78 is 0. The largest absolute Gasteiger partial charge is 0.394 e. The summed E-state index contributed by atoms with van der Waals surface area (Å²) in [4.78, 5) is 20.8. The molecule has 1 fully saturated rings. The number of anilines is 1. The van der Waals surface area contributed by atoms with Gasteiger partial charge in [0.1, 0.15) is 5.82 Å². The third-order valence-electron chi connectivity index (χ3n) is 5.93. The number of carbonyl (C=O) groups is 1. The van der Waals surface area contributed by atoms with Gasteiger partial charge in [-0.15, -0.1) is 0 Å². The molecule has 0 saturated heterocycles. The molecule has 3 rings (SSSR count). The molecule has 2 aliphatic rings. The van der Waals surface area contributed by atoms with Crippen LogP contribution in [0, 0.1) is 6.92 Å². The molecular formula is C20H32N4O2. The van der Waals surface area contributed by atoms with Crippen molar-refractivity contribution in [3.8, 4) is 0 Å². The van der Waals surface area contributed by atoms with Crippen LogP contribution in [-0.2, 0) is 11.3 Å². The zero-order valence-corrected chi connectivity index (χ0v) is 16.2. The third-order valence-corrected chi connectivity index (χ3v) is 5.93. The summed E-state index contributed by atoms with van der Waals surface area (Å²) in [6.45, 7) is 5.65. The second kappa shape index (κ2) is 8.35. The number of aliphatic hydroxyl groups excluding tert-OH is 1. The number of aromatic nitrogens is 1. The fourth-order valence-electron chi connectivity index (χ4n) is 4.38. The Labute approximate surface area is 156 Å². The minimum absolute atomic E-state index is 0.0731. The lowest BCUT2D eigenvalue weighted by molar-refractivity contribution is -0.119. The topological polar surface area (TPSA) is 68.7 Å². The molecule has 144 valence electrons. The Hall–Kier alpha value is -1.66. The number of amides is 1. The van der Waals surface area contributed by atoms with Crippen molar-refractivity contribution >= 4 is 11.7 Å². The van der Waals surface area contributed by atoms with E-state index in [4.69, 9.17) is 4.98 Å². The molecule has 1 amide bonds. The van der Waals surface area contributed by atoms with Gasteiger partial charge in [-0.05, 0) is 45.1 Å². The van der Waals surface area contributed by atoms with Crippen LogP contribution in [0.3, 0.4) is 0 Å². The molecule has 2 heterocycles. The second-order valence-corrected chi connectivity index (χ2v) is 7.85. The number of carbonyl (C=O) groups excluding carboxylic acids is 1.